The first-order valence-electron chi connectivity index (χ1n) is 9.10. The van der Waals surface area contributed by atoms with E-state index >= 15 is 0 Å². The zero-order chi connectivity index (χ0) is 20.7. The number of hydrogen-bond acceptors (Lipinski definition) is 5. The highest BCUT2D eigenvalue weighted by Crippen LogP contribution is 2.26. The molecule has 27 heavy (non-hydrogen) atoms. The number of benzene rings is 1. The van der Waals surface area contributed by atoms with Crippen LogP contribution in [0.3, 0.4) is 0 Å². The smallest absolute Gasteiger partial charge is 0.429 e. The van der Waals surface area contributed by atoms with Gasteiger partial charge in [0.05, 0.1) is 6.04 Å². The van der Waals surface area contributed by atoms with Gasteiger partial charge in [-0.1, -0.05) is 30.3 Å². The molecule has 0 aliphatic carbocycles. The largest absolute Gasteiger partial charge is 0.443 e. The van der Waals surface area contributed by atoms with Crippen molar-refractivity contribution in [2.75, 3.05) is 6.61 Å². The van der Waals surface area contributed by atoms with E-state index in [-0.39, 0.29) is 6.61 Å². The van der Waals surface area contributed by atoms with Crippen molar-refractivity contribution in [1.82, 2.24) is 10.4 Å². The van der Waals surface area contributed by atoms with Crippen molar-refractivity contribution in [3.8, 4) is 0 Å². The maximum atomic E-state index is 12.8. The predicted octanol–water partition coefficient (Wildman–Crippen LogP) is 4.18. The second-order valence-corrected chi connectivity index (χ2v) is 8.26. The summed E-state index contributed by atoms with van der Waals surface area (Å²) in [5, 5.41) is 10.4. The van der Waals surface area contributed by atoms with Crippen molar-refractivity contribution >= 4 is 12.2 Å². The highest BCUT2D eigenvalue weighted by atomic mass is 16.6. The van der Waals surface area contributed by atoms with Crippen molar-refractivity contribution in [3.63, 3.8) is 0 Å². The summed E-state index contributed by atoms with van der Waals surface area (Å²) in [4.78, 5) is 25.1. The van der Waals surface area contributed by atoms with Crippen LogP contribution in [0.15, 0.2) is 30.3 Å². The standard InChI is InChI=1S/C20H32N2O5/c1-19(2,3)26-17(24)21-22(18(25)27-20(4,5)6)16(13-10-14-23)15-11-8-7-9-12-15/h7-9,11-12,16,23H,10,13-14H2,1-6H3,(H,21,24). The van der Waals surface area contributed by atoms with Gasteiger partial charge < -0.3 is 14.6 Å². The number of amides is 2. The molecule has 0 radical (unpaired) electrons. The Labute approximate surface area is 161 Å². The minimum atomic E-state index is -0.752. The molecule has 0 spiro atoms. The highest BCUT2D eigenvalue weighted by molar-refractivity contribution is 5.75. The molecule has 0 aromatic heterocycles. The molecule has 2 amide bonds. The van der Waals surface area contributed by atoms with Crippen molar-refractivity contribution in [2.45, 2.75) is 71.6 Å². The number of hydrazine groups is 1. The lowest BCUT2D eigenvalue weighted by molar-refractivity contribution is -0.0116. The van der Waals surface area contributed by atoms with E-state index < -0.39 is 29.4 Å². The zero-order valence-corrected chi connectivity index (χ0v) is 17.1. The summed E-state index contributed by atoms with van der Waals surface area (Å²) in [6.45, 7) is 10.4. The summed E-state index contributed by atoms with van der Waals surface area (Å²) in [6.07, 6.45) is -0.553. The van der Waals surface area contributed by atoms with Crippen molar-refractivity contribution < 1.29 is 24.2 Å². The average Bonchev–Trinajstić information content (AvgIpc) is 2.51. The molecule has 0 aliphatic heterocycles. The van der Waals surface area contributed by atoms with Gasteiger partial charge in [0.1, 0.15) is 11.2 Å². The minimum absolute atomic E-state index is 0.0298. The summed E-state index contributed by atoms with van der Waals surface area (Å²) >= 11 is 0. The fourth-order valence-electron chi connectivity index (χ4n) is 2.37. The van der Waals surface area contributed by atoms with Crippen LogP contribution >= 0.6 is 0 Å². The van der Waals surface area contributed by atoms with Crippen molar-refractivity contribution in [1.29, 1.82) is 0 Å². The summed E-state index contributed by atoms with van der Waals surface area (Å²) in [6, 6.07) is 8.77. The van der Waals surface area contributed by atoms with Crippen LogP contribution in [0.2, 0.25) is 0 Å². The Morgan fingerprint density at radius 3 is 2.07 bits per heavy atom. The van der Waals surface area contributed by atoms with Gasteiger partial charge in [-0.15, -0.1) is 0 Å². The normalized spacial score (nSPS) is 12.9. The van der Waals surface area contributed by atoms with E-state index in [1.54, 1.807) is 41.5 Å². The number of aliphatic hydroxyl groups is 1. The van der Waals surface area contributed by atoms with E-state index in [0.29, 0.717) is 12.8 Å². The number of rotatable bonds is 5. The fraction of sp³-hybridized carbons (Fsp3) is 0.600. The Morgan fingerprint density at radius 2 is 1.59 bits per heavy atom. The maximum Gasteiger partial charge on any atom is 0.429 e. The second-order valence-electron chi connectivity index (χ2n) is 8.26. The molecular formula is C20H32N2O5. The van der Waals surface area contributed by atoms with E-state index in [0.717, 1.165) is 10.6 Å². The van der Waals surface area contributed by atoms with Gasteiger partial charge in [0, 0.05) is 6.61 Å². The number of carbonyl (C=O) groups is 2. The van der Waals surface area contributed by atoms with Crippen molar-refractivity contribution in [2.24, 2.45) is 0 Å². The molecule has 0 saturated carbocycles. The number of hydrogen-bond donors (Lipinski definition) is 2. The van der Waals surface area contributed by atoms with Crippen LogP contribution in [0.5, 0.6) is 0 Å². The lowest BCUT2D eigenvalue weighted by Gasteiger charge is -2.34. The third-order valence-electron chi connectivity index (χ3n) is 3.33. The average molecular weight is 380 g/mol. The molecule has 0 heterocycles. The van der Waals surface area contributed by atoms with E-state index in [9.17, 15) is 14.7 Å². The Morgan fingerprint density at radius 1 is 1.04 bits per heavy atom. The Balaban J connectivity index is 3.17. The van der Waals surface area contributed by atoms with Gasteiger partial charge in [-0.3, -0.25) is 0 Å². The van der Waals surface area contributed by atoms with Crippen LogP contribution in [-0.2, 0) is 9.47 Å². The molecule has 7 nitrogen and oxygen atoms in total. The predicted molar refractivity (Wildman–Crippen MR) is 103 cm³/mol. The monoisotopic (exact) mass is 380 g/mol. The lowest BCUT2D eigenvalue weighted by atomic mass is 10.0. The highest BCUT2D eigenvalue weighted by Gasteiger charge is 2.32. The maximum absolute atomic E-state index is 12.8. The number of nitrogens with one attached hydrogen (secondary N) is 1. The first kappa shape index (κ1) is 22.8. The molecule has 2 N–H and O–H groups in total. The van der Waals surface area contributed by atoms with Gasteiger partial charge in [-0.05, 0) is 59.9 Å². The van der Waals surface area contributed by atoms with Gasteiger partial charge in [-0.25, -0.2) is 20.0 Å². The lowest BCUT2D eigenvalue weighted by Crippen LogP contribution is -2.51. The van der Waals surface area contributed by atoms with Crippen molar-refractivity contribution in [3.05, 3.63) is 35.9 Å². The number of nitrogens with zero attached hydrogens (tertiary/aromatic N) is 1. The van der Waals surface area contributed by atoms with Gasteiger partial charge in [0.25, 0.3) is 0 Å². The summed E-state index contributed by atoms with van der Waals surface area (Å²) in [5.74, 6) is 0. The SMILES string of the molecule is CC(C)(C)OC(=O)NN(C(=O)OC(C)(C)C)C(CCCO)c1ccccc1. The molecule has 1 aromatic carbocycles. The number of aliphatic hydroxyl groups excluding tert-OH is 1. The third kappa shape index (κ3) is 8.77. The fourth-order valence-corrected chi connectivity index (χ4v) is 2.37. The second kappa shape index (κ2) is 9.60. The van der Waals surface area contributed by atoms with Crippen LogP contribution in [0, 0.1) is 0 Å². The van der Waals surface area contributed by atoms with Crippen LogP contribution in [0.25, 0.3) is 0 Å². The molecule has 7 heteroatoms. The Kier molecular flexibility index (Phi) is 8.09. The summed E-state index contributed by atoms with van der Waals surface area (Å²) in [5.41, 5.74) is 1.89. The molecule has 0 fully saturated rings. The summed E-state index contributed by atoms with van der Waals surface area (Å²) in [7, 11) is 0. The van der Waals surface area contributed by atoms with Crippen LogP contribution in [0.1, 0.15) is 66.0 Å². The van der Waals surface area contributed by atoms with Crippen LogP contribution < -0.4 is 5.43 Å². The Bertz CT molecular complexity index is 605. The van der Waals surface area contributed by atoms with Gasteiger partial charge in [0.15, 0.2) is 0 Å². The molecule has 0 aliphatic rings. The van der Waals surface area contributed by atoms with E-state index in [2.05, 4.69) is 5.43 Å². The van der Waals surface area contributed by atoms with Gasteiger partial charge >= 0.3 is 12.2 Å². The molecule has 0 saturated heterocycles. The molecule has 152 valence electrons. The first-order chi connectivity index (χ1) is 12.4. The molecule has 1 atom stereocenters. The van der Waals surface area contributed by atoms with Gasteiger partial charge in [-0.2, -0.15) is 0 Å². The molecule has 1 aromatic rings. The molecule has 1 rings (SSSR count). The van der Waals surface area contributed by atoms with E-state index in [4.69, 9.17) is 9.47 Å². The van der Waals surface area contributed by atoms with E-state index in [1.807, 2.05) is 30.3 Å². The third-order valence-corrected chi connectivity index (χ3v) is 3.33. The zero-order valence-electron chi connectivity index (χ0n) is 17.1. The quantitative estimate of drug-likeness (QED) is 0.748. The topological polar surface area (TPSA) is 88.1 Å². The van der Waals surface area contributed by atoms with Gasteiger partial charge in [0.2, 0.25) is 0 Å². The Hall–Kier alpha value is -2.28. The molecular weight excluding hydrogens is 348 g/mol. The van der Waals surface area contributed by atoms with Crippen LogP contribution in [-0.4, -0.2) is 40.1 Å². The number of carbonyl (C=O) groups excluding carboxylic acids is 2. The summed E-state index contributed by atoms with van der Waals surface area (Å²) < 4.78 is 10.8. The van der Waals surface area contributed by atoms with E-state index in [1.165, 1.54) is 0 Å². The van der Waals surface area contributed by atoms with Crippen LogP contribution in [0.4, 0.5) is 9.59 Å². The molecule has 0 bridgehead atoms. The first-order valence-corrected chi connectivity index (χ1v) is 9.10. The molecule has 1 unspecified atom stereocenters. The minimum Gasteiger partial charge on any atom is -0.443 e. The number of ether oxygens (including phenoxy) is 2.